The van der Waals surface area contributed by atoms with Crippen LogP contribution in [0.2, 0.25) is 0 Å². The second-order valence-electron chi connectivity index (χ2n) is 7.72. The van der Waals surface area contributed by atoms with Gasteiger partial charge in [-0.2, -0.15) is 0 Å². The highest BCUT2D eigenvalue weighted by atomic mass is 32.1. The van der Waals surface area contributed by atoms with Gasteiger partial charge in [-0.25, -0.2) is 4.98 Å². The smallest absolute Gasteiger partial charge is 0.256 e. The summed E-state index contributed by atoms with van der Waals surface area (Å²) in [6.07, 6.45) is 0.976. The lowest BCUT2D eigenvalue weighted by molar-refractivity contribution is 0.102. The first-order chi connectivity index (χ1) is 15.7. The third-order valence-corrected chi connectivity index (χ3v) is 7.93. The van der Waals surface area contributed by atoms with Gasteiger partial charge in [-0.3, -0.25) is 9.69 Å². The molecule has 4 aromatic rings. The summed E-state index contributed by atoms with van der Waals surface area (Å²) in [6.45, 7) is 7.73. The lowest BCUT2D eigenvalue weighted by atomic mass is 10.0. The van der Waals surface area contributed by atoms with E-state index in [1.54, 1.807) is 22.7 Å². The van der Waals surface area contributed by atoms with Crippen LogP contribution in [0.15, 0.2) is 48.5 Å². The largest absolute Gasteiger partial charge is 0.494 e. The number of likely N-dealkylation sites (N-methyl/N-ethyl adjacent to an activating group) is 1. The third-order valence-electron chi connectivity index (χ3n) is 5.75. The van der Waals surface area contributed by atoms with E-state index in [1.165, 1.54) is 10.4 Å². The number of ether oxygens (including phenoxy) is 1. The number of anilines is 1. The van der Waals surface area contributed by atoms with Gasteiger partial charge in [0.25, 0.3) is 5.91 Å². The van der Waals surface area contributed by atoms with E-state index in [9.17, 15) is 4.79 Å². The summed E-state index contributed by atoms with van der Waals surface area (Å²) in [4.78, 5) is 21.8. The molecule has 1 aliphatic rings. The highest BCUT2D eigenvalue weighted by Gasteiger charge is 2.27. The maximum absolute atomic E-state index is 13.1. The van der Waals surface area contributed by atoms with E-state index < -0.39 is 0 Å². The lowest BCUT2D eigenvalue weighted by Crippen LogP contribution is -2.29. The Labute approximate surface area is 195 Å². The molecule has 0 unspecified atom stereocenters. The van der Waals surface area contributed by atoms with Crippen molar-refractivity contribution in [2.45, 2.75) is 26.8 Å². The summed E-state index contributed by atoms with van der Waals surface area (Å²) in [6, 6.07) is 15.5. The lowest BCUT2D eigenvalue weighted by Gasteiger charge is -2.25. The number of benzene rings is 2. The van der Waals surface area contributed by atoms with Crippen molar-refractivity contribution in [1.29, 1.82) is 0 Å². The predicted octanol–water partition coefficient (Wildman–Crippen LogP) is 6.05. The van der Waals surface area contributed by atoms with Gasteiger partial charge in [-0.15, -0.1) is 22.7 Å². The number of rotatable bonds is 6. The summed E-state index contributed by atoms with van der Waals surface area (Å²) in [5.74, 6) is 0.659. The molecule has 2 aromatic heterocycles. The topological polar surface area (TPSA) is 54.5 Å². The zero-order valence-electron chi connectivity index (χ0n) is 18.2. The third kappa shape index (κ3) is 4.03. The Balaban J connectivity index is 1.52. The number of thiazole rings is 1. The molecule has 3 heterocycles. The van der Waals surface area contributed by atoms with Crippen LogP contribution in [0, 0.1) is 0 Å². The second kappa shape index (κ2) is 9.02. The van der Waals surface area contributed by atoms with E-state index in [-0.39, 0.29) is 5.91 Å². The van der Waals surface area contributed by atoms with Gasteiger partial charge in [-0.1, -0.05) is 19.1 Å². The van der Waals surface area contributed by atoms with E-state index in [4.69, 9.17) is 9.72 Å². The minimum atomic E-state index is -0.110. The average Bonchev–Trinajstić information content (AvgIpc) is 3.39. The monoisotopic (exact) mass is 463 g/mol. The molecule has 0 aliphatic carbocycles. The number of carbonyl (C=O) groups is 1. The molecule has 1 amide bonds. The minimum Gasteiger partial charge on any atom is -0.494 e. The van der Waals surface area contributed by atoms with Crippen LogP contribution >= 0.6 is 22.7 Å². The molecule has 1 aliphatic heterocycles. The molecular formula is C25H25N3O2S2. The van der Waals surface area contributed by atoms with Crippen molar-refractivity contribution >= 4 is 43.8 Å². The van der Waals surface area contributed by atoms with Crippen LogP contribution in [0.3, 0.4) is 0 Å². The van der Waals surface area contributed by atoms with Crippen molar-refractivity contribution in [3.05, 3.63) is 64.5 Å². The number of amides is 1. The maximum Gasteiger partial charge on any atom is 0.256 e. The summed E-state index contributed by atoms with van der Waals surface area (Å²) < 4.78 is 6.66. The predicted molar refractivity (Wildman–Crippen MR) is 133 cm³/mol. The van der Waals surface area contributed by atoms with E-state index in [1.807, 2.05) is 49.4 Å². The van der Waals surface area contributed by atoms with E-state index in [0.29, 0.717) is 12.2 Å². The zero-order chi connectivity index (χ0) is 22.1. The fraction of sp³-hybridized carbons (Fsp3) is 0.280. The molecular weight excluding hydrogens is 438 g/mol. The first kappa shape index (κ1) is 21.1. The Morgan fingerprint density at radius 1 is 1.12 bits per heavy atom. The normalized spacial score (nSPS) is 13.8. The molecule has 0 saturated carbocycles. The van der Waals surface area contributed by atoms with E-state index >= 15 is 0 Å². The number of hydrogen-bond donors (Lipinski definition) is 1. The van der Waals surface area contributed by atoms with Crippen molar-refractivity contribution < 1.29 is 9.53 Å². The van der Waals surface area contributed by atoms with Gasteiger partial charge in [0.2, 0.25) is 0 Å². The maximum atomic E-state index is 13.1. The summed E-state index contributed by atoms with van der Waals surface area (Å²) in [7, 11) is 0. The summed E-state index contributed by atoms with van der Waals surface area (Å²) >= 11 is 3.38. The fourth-order valence-corrected chi connectivity index (χ4v) is 6.46. The quantitative estimate of drug-likeness (QED) is 0.378. The van der Waals surface area contributed by atoms with Gasteiger partial charge in [-0.05, 0) is 61.9 Å². The molecule has 5 rings (SSSR count). The van der Waals surface area contributed by atoms with Gasteiger partial charge in [0.15, 0.2) is 0 Å². The molecule has 164 valence electrons. The van der Waals surface area contributed by atoms with Crippen LogP contribution in [0.5, 0.6) is 5.75 Å². The van der Waals surface area contributed by atoms with Crippen LogP contribution in [0.25, 0.3) is 20.8 Å². The number of hydrogen-bond acceptors (Lipinski definition) is 6. The molecule has 0 fully saturated rings. The Morgan fingerprint density at radius 3 is 2.69 bits per heavy atom. The highest BCUT2D eigenvalue weighted by Crippen LogP contribution is 2.45. The number of para-hydroxylation sites is 1. The molecule has 0 atom stereocenters. The minimum absolute atomic E-state index is 0.110. The van der Waals surface area contributed by atoms with Gasteiger partial charge in [0.1, 0.15) is 15.8 Å². The second-order valence-corrected chi connectivity index (χ2v) is 9.86. The molecule has 2 aromatic carbocycles. The van der Waals surface area contributed by atoms with E-state index in [2.05, 4.69) is 23.2 Å². The standard InChI is InChI=1S/C25H25N3O2S2/c1-3-28-14-13-18-21(15-28)32-25(22(18)24-26-19-7-5-6-8-20(19)31-24)27-23(29)16-9-11-17(12-10-16)30-4-2/h5-12H,3-4,13-15H2,1-2H3,(H,27,29). The number of fused-ring (bicyclic) bond motifs is 2. The fourth-order valence-electron chi connectivity index (χ4n) is 4.06. The van der Waals surface area contributed by atoms with Crippen molar-refractivity contribution in [2.75, 3.05) is 25.0 Å². The van der Waals surface area contributed by atoms with Crippen molar-refractivity contribution in [3.63, 3.8) is 0 Å². The van der Waals surface area contributed by atoms with Crippen LogP contribution in [0.4, 0.5) is 5.00 Å². The number of carbonyl (C=O) groups excluding carboxylic acids is 1. The first-order valence-corrected chi connectivity index (χ1v) is 12.6. The molecule has 0 bridgehead atoms. The number of nitrogens with one attached hydrogen (secondary N) is 1. The van der Waals surface area contributed by atoms with Crippen LogP contribution in [-0.4, -0.2) is 35.5 Å². The van der Waals surface area contributed by atoms with Crippen LogP contribution in [-0.2, 0) is 13.0 Å². The van der Waals surface area contributed by atoms with Gasteiger partial charge < -0.3 is 10.1 Å². The summed E-state index contributed by atoms with van der Waals surface area (Å²) in [5, 5.41) is 5.07. The van der Waals surface area contributed by atoms with Gasteiger partial charge >= 0.3 is 0 Å². The molecule has 0 saturated heterocycles. The Kier molecular flexibility index (Phi) is 5.95. The highest BCUT2D eigenvalue weighted by molar-refractivity contribution is 7.23. The average molecular weight is 464 g/mol. The molecule has 0 spiro atoms. The number of aromatic nitrogens is 1. The molecule has 0 radical (unpaired) electrons. The molecule has 32 heavy (non-hydrogen) atoms. The van der Waals surface area contributed by atoms with Crippen molar-refractivity contribution in [1.82, 2.24) is 9.88 Å². The van der Waals surface area contributed by atoms with Gasteiger partial charge in [0, 0.05) is 29.1 Å². The zero-order valence-corrected chi connectivity index (χ0v) is 19.8. The molecule has 7 heteroatoms. The SMILES string of the molecule is CCOc1ccc(C(=O)Nc2sc3c(c2-c2nc4ccccc4s2)CCN(CC)C3)cc1. The summed E-state index contributed by atoms with van der Waals surface area (Å²) in [5.41, 5.74) is 4.05. The Bertz CT molecular complexity index is 1230. The Hall–Kier alpha value is -2.74. The van der Waals surface area contributed by atoms with Crippen LogP contribution in [0.1, 0.15) is 34.6 Å². The molecule has 1 N–H and O–H groups in total. The van der Waals surface area contributed by atoms with Crippen molar-refractivity contribution in [3.8, 4) is 16.3 Å². The number of thiophene rings is 1. The Morgan fingerprint density at radius 2 is 1.94 bits per heavy atom. The van der Waals surface area contributed by atoms with Gasteiger partial charge in [0.05, 0.1) is 16.8 Å². The van der Waals surface area contributed by atoms with Crippen molar-refractivity contribution in [2.24, 2.45) is 0 Å². The number of nitrogens with zero attached hydrogens (tertiary/aromatic N) is 2. The van der Waals surface area contributed by atoms with E-state index in [0.717, 1.165) is 57.6 Å². The molecule has 5 nitrogen and oxygen atoms in total. The van der Waals surface area contributed by atoms with Crippen LogP contribution < -0.4 is 10.1 Å². The first-order valence-electron chi connectivity index (χ1n) is 10.9.